The van der Waals surface area contributed by atoms with Gasteiger partial charge in [0.2, 0.25) is 0 Å². The van der Waals surface area contributed by atoms with Gasteiger partial charge in [-0.05, 0) is 59.7 Å². The summed E-state index contributed by atoms with van der Waals surface area (Å²) >= 11 is 0. The molecule has 0 radical (unpaired) electrons. The van der Waals surface area contributed by atoms with Crippen LogP contribution in [0.4, 0.5) is 26.3 Å². The average molecular weight is 867 g/mol. The quantitative estimate of drug-likeness (QED) is 0.139. The van der Waals surface area contributed by atoms with Gasteiger partial charge in [0, 0.05) is 36.2 Å². The van der Waals surface area contributed by atoms with Crippen LogP contribution in [0.1, 0.15) is 22.3 Å². The van der Waals surface area contributed by atoms with Gasteiger partial charge in [-0.2, -0.15) is 34.8 Å². The molecule has 4 heterocycles. The van der Waals surface area contributed by atoms with E-state index in [9.17, 15) is 53.9 Å². The van der Waals surface area contributed by atoms with Crippen LogP contribution >= 0.6 is 0 Å². The second-order valence-corrected chi connectivity index (χ2v) is 14.5. The van der Waals surface area contributed by atoms with Crippen LogP contribution in [-0.2, 0) is 44.3 Å². The van der Waals surface area contributed by atoms with Crippen molar-refractivity contribution in [1.29, 1.82) is 0 Å². The summed E-state index contributed by atoms with van der Waals surface area (Å²) in [4.78, 5) is 63.6. The number of hydrogen-bond donors (Lipinski definition) is 2. The highest BCUT2D eigenvalue weighted by atomic mass is 32.3. The van der Waals surface area contributed by atoms with Gasteiger partial charge in [0.1, 0.15) is 0 Å². The van der Waals surface area contributed by atoms with Crippen LogP contribution in [0, 0.1) is 0 Å². The Labute approximate surface area is 335 Å². The lowest BCUT2D eigenvalue weighted by Crippen LogP contribution is -2.35. The molecule has 0 unspecified atom stereocenters. The van der Waals surface area contributed by atoms with E-state index >= 15 is 0 Å². The molecule has 0 aliphatic rings. The van der Waals surface area contributed by atoms with Gasteiger partial charge >= 0.3 is 45.0 Å². The molecule has 0 amide bonds. The number of nitrogens with zero attached hydrogens (tertiary/aromatic N) is 6. The van der Waals surface area contributed by atoms with E-state index in [2.05, 4.69) is 19.9 Å². The van der Waals surface area contributed by atoms with E-state index in [0.29, 0.717) is 12.1 Å². The fraction of sp³-hybridized carbons (Fsp3) is 0.105. The van der Waals surface area contributed by atoms with Crippen LogP contribution in [0.5, 0.6) is 0 Å². The molecule has 2 N–H and O–H groups in total. The van der Waals surface area contributed by atoms with Crippen molar-refractivity contribution in [2.75, 3.05) is 0 Å². The van der Waals surface area contributed by atoms with E-state index in [1.807, 2.05) is 0 Å². The van der Waals surface area contributed by atoms with Gasteiger partial charge in [0.05, 0.1) is 70.4 Å². The molecule has 0 saturated carbocycles. The van der Waals surface area contributed by atoms with Crippen molar-refractivity contribution in [2.45, 2.75) is 25.6 Å². The fourth-order valence-corrected chi connectivity index (χ4v) is 7.21. The first-order valence-corrected chi connectivity index (χ1v) is 18.7. The second-order valence-electron chi connectivity index (χ2n) is 13.2. The van der Waals surface area contributed by atoms with Crippen LogP contribution in [-0.4, -0.2) is 46.6 Å². The van der Waals surface area contributed by atoms with E-state index in [-0.39, 0.29) is 44.6 Å². The number of alkyl halides is 6. The maximum absolute atomic E-state index is 14.1. The molecular formula is C38H24F6N8O8S. The number of aromatic amines is 2. The van der Waals surface area contributed by atoms with Crippen LogP contribution in [0.2, 0.25) is 0 Å². The maximum atomic E-state index is 14.1. The van der Waals surface area contributed by atoms with Gasteiger partial charge in [-0.1, -0.05) is 24.3 Å². The molecule has 8 rings (SSSR count). The molecule has 4 aromatic heterocycles. The third-order valence-corrected chi connectivity index (χ3v) is 10.1. The standard InChI is InChI=1S/C38H24F6N8O8S/c39-37(40,41)25-13-27-31(15-29(25)49-9-7-45-19-49)51(35(55)33(53)47-27)23-5-1-3-21(11-23)17-59-61(57,58)60-18-22-4-2-6-24(12-22)52-32-16-30(50-10-8-46-20-50)26(38(42,43)44)14-28(32)48-34(54)36(52)56/h1-16,19-20H,17-18H2,(H,47,53)(H,48,54). The number of halogens is 6. The molecule has 0 bridgehead atoms. The maximum Gasteiger partial charge on any atom is 0.418 e. The third-order valence-electron chi connectivity index (χ3n) is 9.25. The number of benzene rings is 4. The minimum Gasteiger partial charge on any atom is -0.316 e. The van der Waals surface area contributed by atoms with Crippen molar-refractivity contribution in [1.82, 2.24) is 38.2 Å². The average Bonchev–Trinajstić information content (AvgIpc) is 3.96. The van der Waals surface area contributed by atoms with Gasteiger partial charge in [-0.15, -0.1) is 0 Å². The van der Waals surface area contributed by atoms with E-state index in [1.165, 1.54) is 73.3 Å². The molecule has 8 aromatic rings. The number of hydrogen-bond acceptors (Lipinski definition) is 10. The molecular weight excluding hydrogens is 843 g/mol. The first-order chi connectivity index (χ1) is 28.9. The van der Waals surface area contributed by atoms with Crippen LogP contribution in [0.15, 0.2) is 129 Å². The normalized spacial score (nSPS) is 12.4. The second kappa shape index (κ2) is 15.0. The monoisotopic (exact) mass is 866 g/mol. The smallest absolute Gasteiger partial charge is 0.316 e. The Morgan fingerprint density at radius 3 is 1.36 bits per heavy atom. The molecule has 61 heavy (non-hydrogen) atoms. The summed E-state index contributed by atoms with van der Waals surface area (Å²) < 4.78 is 124. The Morgan fingerprint density at radius 2 is 1.00 bits per heavy atom. The fourth-order valence-electron chi connectivity index (χ4n) is 6.58. The number of imidazole rings is 2. The highest BCUT2D eigenvalue weighted by Crippen LogP contribution is 2.37. The lowest BCUT2D eigenvalue weighted by molar-refractivity contribution is -0.138. The van der Waals surface area contributed by atoms with Crippen LogP contribution < -0.4 is 22.2 Å². The molecule has 4 aromatic carbocycles. The summed E-state index contributed by atoms with van der Waals surface area (Å²) in [5.41, 5.74) is -8.53. The summed E-state index contributed by atoms with van der Waals surface area (Å²) in [5.74, 6) is 0. The molecule has 0 aliphatic carbocycles. The molecule has 312 valence electrons. The predicted molar refractivity (Wildman–Crippen MR) is 203 cm³/mol. The largest absolute Gasteiger partial charge is 0.418 e. The van der Waals surface area contributed by atoms with Crippen molar-refractivity contribution in [3.63, 3.8) is 0 Å². The number of H-pyrrole nitrogens is 2. The zero-order chi connectivity index (χ0) is 43.4. The van der Waals surface area contributed by atoms with Crippen molar-refractivity contribution >= 4 is 32.5 Å². The summed E-state index contributed by atoms with van der Waals surface area (Å²) in [5, 5.41) is 0. The summed E-state index contributed by atoms with van der Waals surface area (Å²) in [6.07, 6.45) is -2.48. The zero-order valence-corrected chi connectivity index (χ0v) is 31.2. The lowest BCUT2D eigenvalue weighted by atomic mass is 10.1. The Balaban J connectivity index is 1.06. The summed E-state index contributed by atoms with van der Waals surface area (Å²) in [6, 6.07) is 14.3. The number of fused-ring (bicyclic) bond motifs is 2. The Bertz CT molecular complexity index is 3140. The highest BCUT2D eigenvalue weighted by molar-refractivity contribution is 7.81. The topological polar surface area (TPSA) is 198 Å². The van der Waals surface area contributed by atoms with Gasteiger partial charge in [-0.25, -0.2) is 18.3 Å². The van der Waals surface area contributed by atoms with Crippen molar-refractivity contribution in [2.24, 2.45) is 0 Å². The minimum absolute atomic E-state index is 0.0250. The first-order valence-electron chi connectivity index (χ1n) is 17.4. The Morgan fingerprint density at radius 1 is 0.590 bits per heavy atom. The van der Waals surface area contributed by atoms with Gasteiger partial charge in [-0.3, -0.25) is 28.3 Å². The molecule has 16 nitrogen and oxygen atoms in total. The van der Waals surface area contributed by atoms with Gasteiger partial charge < -0.3 is 19.1 Å². The number of nitrogens with one attached hydrogen (secondary N) is 2. The van der Waals surface area contributed by atoms with E-state index < -0.39 is 80.7 Å². The molecule has 0 spiro atoms. The summed E-state index contributed by atoms with van der Waals surface area (Å²) in [6.45, 7) is -1.37. The van der Waals surface area contributed by atoms with Crippen molar-refractivity contribution in [3.8, 4) is 22.7 Å². The summed E-state index contributed by atoms with van der Waals surface area (Å²) in [7, 11) is -4.81. The predicted octanol–water partition coefficient (Wildman–Crippen LogP) is 5.06. The number of rotatable bonds is 10. The lowest BCUT2D eigenvalue weighted by Gasteiger charge is -2.17. The molecule has 0 atom stereocenters. The molecule has 0 aliphatic heterocycles. The van der Waals surface area contributed by atoms with Crippen LogP contribution in [0.3, 0.4) is 0 Å². The Kier molecular flexibility index (Phi) is 9.95. The SMILES string of the molecule is O=c1[nH]c2cc(C(F)(F)F)c(-n3ccnc3)cc2n(-c2cccc(COS(=O)(=O)OCc3cccc(-n4c(=O)c(=O)[nH]c5cc(C(F)(F)F)c(-n6ccnc6)cc54)c3)c2)c1=O. The first kappa shape index (κ1) is 40.4. The zero-order valence-electron chi connectivity index (χ0n) is 30.4. The van der Waals surface area contributed by atoms with E-state index in [1.54, 1.807) is 0 Å². The Hall–Kier alpha value is -7.37. The van der Waals surface area contributed by atoms with Crippen molar-refractivity contribution < 1.29 is 43.1 Å². The molecule has 0 saturated heterocycles. The highest BCUT2D eigenvalue weighted by Gasteiger charge is 2.36. The third kappa shape index (κ3) is 7.91. The van der Waals surface area contributed by atoms with Crippen LogP contribution in [0.25, 0.3) is 44.8 Å². The number of aromatic nitrogens is 8. The molecule has 0 fully saturated rings. The van der Waals surface area contributed by atoms with Crippen molar-refractivity contribution in [3.05, 3.63) is 174 Å². The van der Waals surface area contributed by atoms with Gasteiger partial charge in [0.25, 0.3) is 0 Å². The van der Waals surface area contributed by atoms with Gasteiger partial charge in [0.15, 0.2) is 0 Å². The minimum atomic E-state index is -4.87. The molecule has 23 heteroatoms. The van der Waals surface area contributed by atoms with E-state index in [4.69, 9.17) is 8.37 Å². The van der Waals surface area contributed by atoms with E-state index in [0.717, 1.165) is 43.1 Å².